The predicted octanol–water partition coefficient (Wildman–Crippen LogP) is 7.90. The maximum absolute atomic E-state index is 13.7. The number of amides is 1. The molecule has 0 aliphatic carbocycles. The molecule has 210 valence electrons. The zero-order valence-electron chi connectivity index (χ0n) is 23.2. The molecule has 4 aromatic rings. The molecule has 0 atom stereocenters. The first kappa shape index (κ1) is 29.6. The molecule has 0 fully saturated rings. The minimum Gasteiger partial charge on any atom is -0.333 e. The molecular weight excluding hydrogens is 523 g/mol. The first-order valence-corrected chi connectivity index (χ1v) is 13.6. The van der Waals surface area contributed by atoms with E-state index in [0.29, 0.717) is 29.8 Å². The molecule has 0 N–H and O–H groups in total. The highest BCUT2D eigenvalue weighted by atomic mass is 19.4. The fraction of sp³-hybridized carbons (Fsp3) is 0.235. The van der Waals surface area contributed by atoms with Crippen LogP contribution in [0, 0.1) is 11.3 Å². The van der Waals surface area contributed by atoms with Gasteiger partial charge >= 0.3 is 6.18 Å². The maximum Gasteiger partial charge on any atom is 0.416 e. The highest BCUT2D eigenvalue weighted by Gasteiger charge is 2.30. The van der Waals surface area contributed by atoms with E-state index in [0.717, 1.165) is 54.0 Å². The van der Waals surface area contributed by atoms with Crippen LogP contribution < -0.4 is 0 Å². The lowest BCUT2D eigenvalue weighted by Crippen LogP contribution is -2.38. The normalized spacial score (nSPS) is 11.3. The second-order valence-electron chi connectivity index (χ2n) is 9.79. The average Bonchev–Trinajstić information content (AvgIpc) is 3.00. The monoisotopic (exact) mass is 555 g/mol. The Morgan fingerprint density at radius 3 is 1.63 bits per heavy atom. The summed E-state index contributed by atoms with van der Waals surface area (Å²) in [5, 5.41) is 9.03. The summed E-state index contributed by atoms with van der Waals surface area (Å²) in [5.41, 5.74) is 4.87. The first-order valence-electron chi connectivity index (χ1n) is 13.6. The minimum atomic E-state index is -4.37. The van der Waals surface area contributed by atoms with Gasteiger partial charge in [-0.3, -0.25) is 4.79 Å². The van der Waals surface area contributed by atoms with Crippen molar-refractivity contribution in [1.29, 1.82) is 5.26 Å². The summed E-state index contributed by atoms with van der Waals surface area (Å²) in [4.78, 5) is 17.8. The molecule has 4 nitrogen and oxygen atoms in total. The van der Waals surface area contributed by atoms with Crippen molar-refractivity contribution in [3.8, 4) is 28.3 Å². The molecule has 4 aromatic carbocycles. The Morgan fingerprint density at radius 2 is 1.17 bits per heavy atom. The van der Waals surface area contributed by atoms with E-state index in [-0.39, 0.29) is 5.91 Å². The van der Waals surface area contributed by atoms with Crippen LogP contribution >= 0.6 is 0 Å². The van der Waals surface area contributed by atoms with Crippen molar-refractivity contribution in [2.75, 3.05) is 26.2 Å². The van der Waals surface area contributed by atoms with Gasteiger partial charge in [-0.05, 0) is 77.3 Å². The van der Waals surface area contributed by atoms with Gasteiger partial charge < -0.3 is 9.80 Å². The van der Waals surface area contributed by atoms with E-state index >= 15 is 0 Å². The molecule has 7 heteroatoms. The van der Waals surface area contributed by atoms with E-state index in [1.54, 1.807) is 12.1 Å². The van der Waals surface area contributed by atoms with E-state index in [2.05, 4.69) is 24.8 Å². The van der Waals surface area contributed by atoms with Gasteiger partial charge in [-0.1, -0.05) is 74.5 Å². The predicted molar refractivity (Wildman–Crippen MR) is 156 cm³/mol. The number of likely N-dealkylation sites (N-methyl/N-ethyl adjacent to an activating group) is 1. The number of nitriles is 1. The third kappa shape index (κ3) is 7.62. The molecule has 0 saturated heterocycles. The third-order valence-corrected chi connectivity index (χ3v) is 7.22. The first-order chi connectivity index (χ1) is 19.7. The summed E-state index contributed by atoms with van der Waals surface area (Å²) in [6.07, 6.45) is -4.37. The molecule has 1 amide bonds. The zero-order chi connectivity index (χ0) is 29.4. The van der Waals surface area contributed by atoms with Crippen molar-refractivity contribution >= 4 is 5.91 Å². The summed E-state index contributed by atoms with van der Waals surface area (Å²) < 4.78 is 38.8. The second kappa shape index (κ2) is 13.3. The summed E-state index contributed by atoms with van der Waals surface area (Å²) >= 11 is 0. The number of benzene rings is 4. The number of alkyl halides is 3. The molecule has 0 aliphatic heterocycles. The van der Waals surface area contributed by atoms with Gasteiger partial charge in [-0.15, -0.1) is 0 Å². The zero-order valence-corrected chi connectivity index (χ0v) is 23.2. The van der Waals surface area contributed by atoms with Crippen molar-refractivity contribution in [3.63, 3.8) is 0 Å². The Kier molecular flexibility index (Phi) is 9.59. The number of halogens is 3. The number of rotatable bonds is 10. The standard InChI is InChI=1S/C34H32F3N3O/c1-3-39(4-2)21-22-40(33(41)31-15-13-29(14-16-31)27-9-5-25(23-38)6-10-27)24-26-7-11-28(12-8-26)30-17-19-32(20-18-30)34(35,36)37/h5-20H,3-4,21-22,24H2,1-2H3. The smallest absolute Gasteiger partial charge is 0.333 e. The van der Waals surface area contributed by atoms with E-state index in [4.69, 9.17) is 5.26 Å². The quantitative estimate of drug-likeness (QED) is 0.200. The highest BCUT2D eigenvalue weighted by molar-refractivity contribution is 5.94. The molecule has 0 aliphatic rings. The van der Waals surface area contributed by atoms with E-state index < -0.39 is 11.7 Å². The molecule has 0 saturated carbocycles. The van der Waals surface area contributed by atoms with Crippen LogP contribution in [-0.4, -0.2) is 41.9 Å². The van der Waals surface area contributed by atoms with Crippen LogP contribution in [0.25, 0.3) is 22.3 Å². The third-order valence-electron chi connectivity index (χ3n) is 7.22. The Balaban J connectivity index is 1.51. The molecule has 0 radical (unpaired) electrons. The Hall–Kier alpha value is -4.41. The van der Waals surface area contributed by atoms with E-state index in [1.807, 2.05) is 65.6 Å². The van der Waals surface area contributed by atoms with E-state index in [9.17, 15) is 18.0 Å². The molecule has 0 aromatic heterocycles. The van der Waals surface area contributed by atoms with Gasteiger partial charge in [0.1, 0.15) is 0 Å². The molecule has 0 unspecified atom stereocenters. The molecule has 41 heavy (non-hydrogen) atoms. The van der Waals surface area contributed by atoms with Crippen LogP contribution in [0.3, 0.4) is 0 Å². The van der Waals surface area contributed by atoms with Crippen LogP contribution in [0.2, 0.25) is 0 Å². The number of hydrogen-bond donors (Lipinski definition) is 0. The van der Waals surface area contributed by atoms with Gasteiger partial charge in [-0.2, -0.15) is 18.4 Å². The van der Waals surface area contributed by atoms with Crippen LogP contribution in [-0.2, 0) is 12.7 Å². The lowest BCUT2D eigenvalue weighted by molar-refractivity contribution is -0.137. The maximum atomic E-state index is 13.7. The molecule has 0 bridgehead atoms. The van der Waals surface area contributed by atoms with Crippen molar-refractivity contribution in [2.24, 2.45) is 0 Å². The van der Waals surface area contributed by atoms with Gasteiger partial charge in [-0.25, -0.2) is 0 Å². The lowest BCUT2D eigenvalue weighted by atomic mass is 10.0. The number of nitrogens with zero attached hydrogens (tertiary/aromatic N) is 3. The summed E-state index contributed by atoms with van der Waals surface area (Å²) in [7, 11) is 0. The average molecular weight is 556 g/mol. The topological polar surface area (TPSA) is 47.3 Å². The summed E-state index contributed by atoms with van der Waals surface area (Å²) in [6, 6.07) is 29.6. The molecule has 0 spiro atoms. The SMILES string of the molecule is CCN(CC)CCN(Cc1ccc(-c2ccc(C(F)(F)F)cc2)cc1)C(=O)c1ccc(-c2ccc(C#N)cc2)cc1. The van der Waals surface area contributed by atoms with Gasteiger partial charge in [0, 0.05) is 25.2 Å². The molecular formula is C34H32F3N3O. The Labute approximate surface area is 239 Å². The summed E-state index contributed by atoms with van der Waals surface area (Å²) in [6.45, 7) is 7.67. The molecule has 4 rings (SSSR count). The van der Waals surface area contributed by atoms with E-state index in [1.165, 1.54) is 12.1 Å². The van der Waals surface area contributed by atoms with Gasteiger partial charge in [0.25, 0.3) is 5.91 Å². The van der Waals surface area contributed by atoms with Crippen molar-refractivity contribution < 1.29 is 18.0 Å². The van der Waals surface area contributed by atoms with Crippen LogP contribution in [0.15, 0.2) is 97.1 Å². The van der Waals surface area contributed by atoms with Crippen LogP contribution in [0.5, 0.6) is 0 Å². The fourth-order valence-corrected chi connectivity index (χ4v) is 4.65. The highest BCUT2D eigenvalue weighted by Crippen LogP contribution is 2.31. The fourth-order valence-electron chi connectivity index (χ4n) is 4.65. The van der Waals surface area contributed by atoms with Crippen molar-refractivity contribution in [2.45, 2.75) is 26.6 Å². The largest absolute Gasteiger partial charge is 0.416 e. The Bertz CT molecular complexity index is 1470. The van der Waals surface area contributed by atoms with Crippen LogP contribution in [0.4, 0.5) is 13.2 Å². The number of hydrogen-bond acceptors (Lipinski definition) is 3. The van der Waals surface area contributed by atoms with Gasteiger partial charge in [0.05, 0.1) is 17.2 Å². The van der Waals surface area contributed by atoms with Crippen molar-refractivity contribution in [3.05, 3.63) is 119 Å². The van der Waals surface area contributed by atoms with Gasteiger partial charge in [0.2, 0.25) is 0 Å². The van der Waals surface area contributed by atoms with Crippen molar-refractivity contribution in [1.82, 2.24) is 9.80 Å². The number of carbonyl (C=O) groups is 1. The number of carbonyl (C=O) groups excluding carboxylic acids is 1. The van der Waals surface area contributed by atoms with Gasteiger partial charge in [0.15, 0.2) is 0 Å². The minimum absolute atomic E-state index is 0.0737. The lowest BCUT2D eigenvalue weighted by Gasteiger charge is -2.27. The summed E-state index contributed by atoms with van der Waals surface area (Å²) in [5.74, 6) is -0.0737. The van der Waals surface area contributed by atoms with Crippen LogP contribution in [0.1, 0.15) is 40.9 Å². The Morgan fingerprint density at radius 1 is 0.707 bits per heavy atom. The second-order valence-corrected chi connectivity index (χ2v) is 9.79. The molecule has 0 heterocycles.